The van der Waals surface area contributed by atoms with E-state index in [0.29, 0.717) is 10.4 Å². The van der Waals surface area contributed by atoms with Gasteiger partial charge in [-0.2, -0.15) is 0 Å². The minimum Gasteiger partial charge on any atom is -0.858 e. The smallest absolute Gasteiger partial charge is 0.0436 e. The Morgan fingerprint density at radius 2 is 2.08 bits per heavy atom. The van der Waals surface area contributed by atoms with E-state index in [1.165, 1.54) is 6.20 Å². The molecule has 0 aliphatic rings. The number of hydrogen-bond donors (Lipinski definition) is 0. The highest BCUT2D eigenvalue weighted by molar-refractivity contribution is 9.10. The van der Waals surface area contributed by atoms with Gasteiger partial charge in [-0.1, -0.05) is 17.7 Å². The van der Waals surface area contributed by atoms with Crippen LogP contribution in [-0.2, 0) is 0 Å². The lowest BCUT2D eigenvalue weighted by atomic mass is 10.2. The van der Waals surface area contributed by atoms with Gasteiger partial charge in [0.1, 0.15) is 0 Å². The number of benzene rings is 1. The normalized spacial score (nSPS) is 10.6. The van der Waals surface area contributed by atoms with Crippen LogP contribution >= 0.6 is 27.5 Å². The minimum atomic E-state index is -0.249. The Balaban J connectivity index is 2.92. The Hall–Kier alpha value is -0.800. The largest absolute Gasteiger partial charge is 0.858 e. The number of nitrogens with zero attached hydrogens (tertiary/aromatic N) is 1. The highest BCUT2D eigenvalue weighted by atomic mass is 79.9. The molecule has 0 aliphatic heterocycles. The van der Waals surface area contributed by atoms with Crippen molar-refractivity contribution in [3.8, 4) is 5.88 Å². The summed E-state index contributed by atoms with van der Waals surface area (Å²) < 4.78 is 0.804. The fraction of sp³-hybridized carbons (Fsp3) is 0. The molecule has 1 aromatic heterocycles. The van der Waals surface area contributed by atoms with Crippen molar-refractivity contribution in [1.29, 1.82) is 0 Å². The summed E-state index contributed by atoms with van der Waals surface area (Å²) in [6.45, 7) is 0. The van der Waals surface area contributed by atoms with Gasteiger partial charge in [-0.05, 0) is 44.7 Å². The van der Waals surface area contributed by atoms with Crippen molar-refractivity contribution in [3.63, 3.8) is 0 Å². The molecule has 0 radical (unpaired) electrons. The molecule has 0 atom stereocenters. The SMILES string of the molecule is [O-]c1ncc(Br)c2ccc(Cl)cc12. The second-order valence-corrected chi connectivity index (χ2v) is 3.89. The van der Waals surface area contributed by atoms with Crippen LogP contribution in [-0.4, -0.2) is 4.98 Å². The fourth-order valence-electron chi connectivity index (χ4n) is 1.16. The fourth-order valence-corrected chi connectivity index (χ4v) is 1.78. The van der Waals surface area contributed by atoms with Crippen LogP contribution in [0.25, 0.3) is 10.8 Å². The van der Waals surface area contributed by atoms with Gasteiger partial charge in [-0.25, -0.2) is 0 Å². The molecule has 13 heavy (non-hydrogen) atoms. The van der Waals surface area contributed by atoms with E-state index in [-0.39, 0.29) is 5.88 Å². The third-order valence-electron chi connectivity index (χ3n) is 1.76. The van der Waals surface area contributed by atoms with Crippen LogP contribution in [0, 0.1) is 0 Å². The Bertz CT molecular complexity index is 472. The molecule has 0 bridgehead atoms. The molecule has 1 aromatic carbocycles. The molecule has 0 spiro atoms. The maximum Gasteiger partial charge on any atom is 0.0436 e. The molecule has 2 aromatic rings. The average Bonchev–Trinajstić information content (AvgIpc) is 2.12. The summed E-state index contributed by atoms with van der Waals surface area (Å²) in [6, 6.07) is 5.16. The van der Waals surface area contributed by atoms with Gasteiger partial charge in [-0.15, -0.1) is 0 Å². The second-order valence-electron chi connectivity index (χ2n) is 2.60. The Kier molecular flexibility index (Phi) is 2.14. The predicted octanol–water partition coefficient (Wildman–Crippen LogP) is 2.72. The van der Waals surface area contributed by atoms with E-state index in [1.807, 2.05) is 0 Å². The highest BCUT2D eigenvalue weighted by Gasteiger charge is 2.00. The van der Waals surface area contributed by atoms with Crippen LogP contribution in [0.5, 0.6) is 5.88 Å². The first-order valence-corrected chi connectivity index (χ1v) is 4.76. The van der Waals surface area contributed by atoms with E-state index in [0.717, 1.165) is 9.86 Å². The molecule has 66 valence electrons. The lowest BCUT2D eigenvalue weighted by molar-refractivity contribution is -0.272. The number of halogens is 2. The van der Waals surface area contributed by atoms with E-state index >= 15 is 0 Å². The summed E-state index contributed by atoms with van der Waals surface area (Å²) in [5.74, 6) is -0.249. The van der Waals surface area contributed by atoms with E-state index in [4.69, 9.17) is 11.6 Å². The van der Waals surface area contributed by atoms with E-state index in [1.54, 1.807) is 18.2 Å². The van der Waals surface area contributed by atoms with Crippen LogP contribution in [0.15, 0.2) is 28.9 Å². The van der Waals surface area contributed by atoms with E-state index in [9.17, 15) is 5.11 Å². The zero-order valence-electron chi connectivity index (χ0n) is 6.42. The standard InChI is InChI=1S/C9H5BrClNO/c10-8-4-12-9(13)7-3-5(11)1-2-6(7)8/h1-4H,(H,12,13)/p-1. The number of rotatable bonds is 0. The molecular weight excluding hydrogens is 253 g/mol. The molecule has 0 fully saturated rings. The molecule has 2 rings (SSSR count). The molecule has 0 N–H and O–H groups in total. The number of fused-ring (bicyclic) bond motifs is 1. The Labute approximate surface area is 88.3 Å². The molecule has 0 unspecified atom stereocenters. The van der Waals surface area contributed by atoms with Crippen LogP contribution < -0.4 is 5.11 Å². The number of hydrogen-bond acceptors (Lipinski definition) is 2. The van der Waals surface area contributed by atoms with E-state index in [2.05, 4.69) is 20.9 Å². The quantitative estimate of drug-likeness (QED) is 0.727. The van der Waals surface area contributed by atoms with Gasteiger partial charge in [0.15, 0.2) is 0 Å². The van der Waals surface area contributed by atoms with Crippen molar-refractivity contribution in [3.05, 3.63) is 33.9 Å². The predicted molar refractivity (Wildman–Crippen MR) is 53.9 cm³/mol. The Morgan fingerprint density at radius 1 is 1.31 bits per heavy atom. The number of aromatic nitrogens is 1. The average molecular weight is 257 g/mol. The molecule has 0 saturated carbocycles. The van der Waals surface area contributed by atoms with Gasteiger partial charge in [0.05, 0.1) is 0 Å². The summed E-state index contributed by atoms with van der Waals surface area (Å²) in [5.41, 5.74) is 0. The number of pyridine rings is 1. The molecular formula is C9H4BrClNO-. The Morgan fingerprint density at radius 3 is 2.85 bits per heavy atom. The molecule has 4 heteroatoms. The third-order valence-corrected chi connectivity index (χ3v) is 2.63. The van der Waals surface area contributed by atoms with Crippen LogP contribution in [0.4, 0.5) is 0 Å². The third kappa shape index (κ3) is 1.49. The monoisotopic (exact) mass is 256 g/mol. The molecule has 0 saturated heterocycles. The maximum absolute atomic E-state index is 11.3. The molecule has 2 nitrogen and oxygen atoms in total. The van der Waals surface area contributed by atoms with Gasteiger partial charge in [0, 0.05) is 15.7 Å². The first kappa shape index (κ1) is 8.78. The van der Waals surface area contributed by atoms with Crippen molar-refractivity contribution in [1.82, 2.24) is 4.98 Å². The zero-order chi connectivity index (χ0) is 9.42. The van der Waals surface area contributed by atoms with Crippen molar-refractivity contribution >= 4 is 38.3 Å². The second kappa shape index (κ2) is 3.16. The minimum absolute atomic E-state index is 0.249. The van der Waals surface area contributed by atoms with Crippen LogP contribution in [0.3, 0.4) is 0 Å². The highest BCUT2D eigenvalue weighted by Crippen LogP contribution is 2.29. The van der Waals surface area contributed by atoms with Gasteiger partial charge in [-0.3, -0.25) is 4.98 Å². The van der Waals surface area contributed by atoms with Gasteiger partial charge < -0.3 is 5.11 Å². The summed E-state index contributed by atoms with van der Waals surface area (Å²) in [5, 5.41) is 13.2. The lowest BCUT2D eigenvalue weighted by Crippen LogP contribution is -1.94. The van der Waals surface area contributed by atoms with Crippen molar-refractivity contribution < 1.29 is 5.11 Å². The first-order valence-electron chi connectivity index (χ1n) is 3.59. The summed E-state index contributed by atoms with van der Waals surface area (Å²) in [7, 11) is 0. The van der Waals surface area contributed by atoms with Gasteiger partial charge in [0.25, 0.3) is 0 Å². The van der Waals surface area contributed by atoms with Gasteiger partial charge in [0.2, 0.25) is 0 Å². The zero-order valence-corrected chi connectivity index (χ0v) is 8.76. The van der Waals surface area contributed by atoms with Crippen LogP contribution in [0.2, 0.25) is 5.02 Å². The maximum atomic E-state index is 11.3. The molecule has 0 aliphatic carbocycles. The van der Waals surface area contributed by atoms with Crippen molar-refractivity contribution in [2.24, 2.45) is 0 Å². The summed E-state index contributed by atoms with van der Waals surface area (Å²) in [4.78, 5) is 3.69. The van der Waals surface area contributed by atoms with Crippen molar-refractivity contribution in [2.75, 3.05) is 0 Å². The van der Waals surface area contributed by atoms with Crippen LogP contribution in [0.1, 0.15) is 0 Å². The lowest BCUT2D eigenvalue weighted by Gasteiger charge is -2.09. The summed E-state index contributed by atoms with van der Waals surface area (Å²) >= 11 is 9.07. The topological polar surface area (TPSA) is 36.0 Å². The molecule has 1 heterocycles. The molecule has 0 amide bonds. The first-order chi connectivity index (χ1) is 6.18. The van der Waals surface area contributed by atoms with E-state index < -0.39 is 0 Å². The van der Waals surface area contributed by atoms with Crippen molar-refractivity contribution in [2.45, 2.75) is 0 Å². The van der Waals surface area contributed by atoms with Gasteiger partial charge >= 0.3 is 0 Å². The summed E-state index contributed by atoms with van der Waals surface area (Å²) in [6.07, 6.45) is 1.50.